The van der Waals surface area contributed by atoms with Crippen molar-refractivity contribution in [2.75, 3.05) is 18.0 Å². The Balaban J connectivity index is 1.66. The van der Waals surface area contributed by atoms with Gasteiger partial charge in [-0.3, -0.25) is 0 Å². The fourth-order valence-electron chi connectivity index (χ4n) is 2.80. The summed E-state index contributed by atoms with van der Waals surface area (Å²) in [6.45, 7) is 1.98. The van der Waals surface area contributed by atoms with Crippen LogP contribution in [-0.2, 0) is 0 Å². The highest BCUT2D eigenvalue weighted by atomic mass is 32.1. The maximum Gasteiger partial charge on any atom is 0.182 e. The number of H-pyrrole nitrogens is 1. The maximum atomic E-state index is 4.46. The van der Waals surface area contributed by atoms with E-state index in [0.717, 1.165) is 36.5 Å². The number of anilines is 1. The molecule has 0 amide bonds. The first kappa shape index (κ1) is 11.8. The Labute approximate surface area is 119 Å². The van der Waals surface area contributed by atoms with Gasteiger partial charge in [0, 0.05) is 30.6 Å². The third kappa shape index (κ3) is 1.94. The number of fused-ring (bicyclic) bond motifs is 1. The summed E-state index contributed by atoms with van der Waals surface area (Å²) in [5.41, 5.74) is 1.65. The normalized spacial score (nSPS) is 19.6. The van der Waals surface area contributed by atoms with Gasteiger partial charge in [-0.15, -0.1) is 11.3 Å². The molecule has 0 saturated carbocycles. The van der Waals surface area contributed by atoms with Crippen LogP contribution in [0.2, 0.25) is 0 Å². The molecule has 4 rings (SSSR count). The summed E-state index contributed by atoms with van der Waals surface area (Å²) in [4.78, 5) is 22.7. The summed E-state index contributed by atoms with van der Waals surface area (Å²) in [6.07, 6.45) is 7.50. The second-order valence-electron chi connectivity index (χ2n) is 4.95. The van der Waals surface area contributed by atoms with Gasteiger partial charge in [0.15, 0.2) is 11.5 Å². The second kappa shape index (κ2) is 4.82. The van der Waals surface area contributed by atoms with Gasteiger partial charge in [-0.2, -0.15) is 0 Å². The number of nitrogens with zero attached hydrogens (tertiary/aromatic N) is 5. The molecule has 0 spiro atoms. The van der Waals surface area contributed by atoms with Gasteiger partial charge in [-0.05, 0) is 12.8 Å². The van der Waals surface area contributed by atoms with Gasteiger partial charge in [0.1, 0.15) is 11.8 Å². The molecule has 1 saturated heterocycles. The number of piperidine rings is 1. The first-order valence-electron chi connectivity index (χ1n) is 6.70. The number of imidazole rings is 1. The van der Waals surface area contributed by atoms with Crippen molar-refractivity contribution in [1.82, 2.24) is 24.9 Å². The lowest BCUT2D eigenvalue weighted by atomic mass is 9.99. The van der Waals surface area contributed by atoms with Crippen molar-refractivity contribution >= 4 is 28.3 Å². The van der Waals surface area contributed by atoms with Gasteiger partial charge in [0.2, 0.25) is 0 Å². The van der Waals surface area contributed by atoms with Crippen LogP contribution in [0.3, 0.4) is 0 Å². The fourth-order valence-corrected chi connectivity index (χ4v) is 3.57. The summed E-state index contributed by atoms with van der Waals surface area (Å²) in [5, 5.41) is 3.27. The predicted octanol–water partition coefficient (Wildman–Crippen LogP) is 2.19. The molecular weight excluding hydrogens is 272 g/mol. The summed E-state index contributed by atoms with van der Waals surface area (Å²) in [7, 11) is 0. The molecule has 0 aliphatic carbocycles. The van der Waals surface area contributed by atoms with Gasteiger partial charge < -0.3 is 9.88 Å². The topological polar surface area (TPSA) is 70.6 Å². The zero-order chi connectivity index (χ0) is 13.4. The number of rotatable bonds is 2. The van der Waals surface area contributed by atoms with Crippen LogP contribution in [0.25, 0.3) is 11.2 Å². The van der Waals surface area contributed by atoms with E-state index in [1.165, 1.54) is 11.4 Å². The van der Waals surface area contributed by atoms with E-state index in [4.69, 9.17) is 0 Å². The Morgan fingerprint density at radius 2 is 2.25 bits per heavy atom. The molecule has 20 heavy (non-hydrogen) atoms. The molecule has 1 fully saturated rings. The van der Waals surface area contributed by atoms with E-state index in [-0.39, 0.29) is 0 Å². The van der Waals surface area contributed by atoms with Gasteiger partial charge in [-0.1, -0.05) is 0 Å². The van der Waals surface area contributed by atoms with Crippen molar-refractivity contribution in [1.29, 1.82) is 0 Å². The van der Waals surface area contributed by atoms with Crippen LogP contribution in [0.1, 0.15) is 23.8 Å². The van der Waals surface area contributed by atoms with Crippen molar-refractivity contribution < 1.29 is 0 Å². The smallest absolute Gasteiger partial charge is 0.182 e. The molecule has 1 aliphatic rings. The Morgan fingerprint density at radius 1 is 1.25 bits per heavy atom. The first-order chi connectivity index (χ1) is 9.92. The lowest BCUT2D eigenvalue weighted by Crippen LogP contribution is -2.35. The minimum absolute atomic E-state index is 0.497. The molecular formula is C13H14N6S. The number of nitrogens with one attached hydrogen (secondary N) is 1. The third-order valence-corrected chi connectivity index (χ3v) is 4.66. The van der Waals surface area contributed by atoms with Gasteiger partial charge >= 0.3 is 0 Å². The Morgan fingerprint density at radius 3 is 3.15 bits per heavy atom. The van der Waals surface area contributed by atoms with Crippen molar-refractivity contribution in [3.63, 3.8) is 0 Å². The van der Waals surface area contributed by atoms with E-state index in [0.29, 0.717) is 5.92 Å². The fraction of sp³-hybridized carbons (Fsp3) is 0.385. The van der Waals surface area contributed by atoms with Crippen molar-refractivity contribution in [2.45, 2.75) is 18.8 Å². The van der Waals surface area contributed by atoms with Crippen molar-refractivity contribution in [3.05, 3.63) is 29.2 Å². The van der Waals surface area contributed by atoms with Gasteiger partial charge in [0.25, 0.3) is 0 Å². The number of aromatic nitrogens is 5. The molecule has 1 N–H and O–H groups in total. The largest absolute Gasteiger partial charge is 0.354 e. The van der Waals surface area contributed by atoms with Crippen LogP contribution in [-0.4, -0.2) is 38.0 Å². The van der Waals surface area contributed by atoms with E-state index < -0.39 is 0 Å². The number of hydrogen-bond acceptors (Lipinski definition) is 6. The third-order valence-electron chi connectivity index (χ3n) is 3.72. The zero-order valence-corrected chi connectivity index (χ0v) is 11.7. The Hall–Kier alpha value is -2.02. The summed E-state index contributed by atoms with van der Waals surface area (Å²) >= 11 is 1.74. The average Bonchev–Trinajstić information content (AvgIpc) is 3.18. The molecule has 3 aromatic heterocycles. The number of aromatic amines is 1. The van der Waals surface area contributed by atoms with Crippen LogP contribution in [0.5, 0.6) is 0 Å². The molecule has 0 radical (unpaired) electrons. The standard InChI is InChI=1S/C13H14N6S/c1-2-9(13-14-3-5-20-13)6-19(4-1)12-10-11(16-7-15-10)17-8-18-12/h3,5,7-9H,1-2,4,6H2,(H,15,16,17,18)/t9-/m1/s1. The molecule has 3 aromatic rings. The van der Waals surface area contributed by atoms with Crippen LogP contribution >= 0.6 is 11.3 Å². The highest BCUT2D eigenvalue weighted by Gasteiger charge is 2.25. The molecule has 0 bridgehead atoms. The molecule has 6 nitrogen and oxygen atoms in total. The van der Waals surface area contributed by atoms with Crippen LogP contribution in [0, 0.1) is 0 Å². The monoisotopic (exact) mass is 286 g/mol. The molecule has 1 atom stereocenters. The molecule has 0 aromatic carbocycles. The van der Waals surface area contributed by atoms with E-state index in [9.17, 15) is 0 Å². The maximum absolute atomic E-state index is 4.46. The Bertz CT molecular complexity index is 707. The average molecular weight is 286 g/mol. The van der Waals surface area contributed by atoms with Crippen molar-refractivity contribution in [2.24, 2.45) is 0 Å². The van der Waals surface area contributed by atoms with Gasteiger partial charge in [-0.25, -0.2) is 19.9 Å². The second-order valence-corrected chi connectivity index (χ2v) is 5.88. The quantitative estimate of drug-likeness (QED) is 0.782. The zero-order valence-electron chi connectivity index (χ0n) is 10.9. The molecule has 1 aliphatic heterocycles. The van der Waals surface area contributed by atoms with Crippen molar-refractivity contribution in [3.8, 4) is 0 Å². The lowest BCUT2D eigenvalue weighted by molar-refractivity contribution is 0.506. The Kier molecular flexibility index (Phi) is 2.84. The minimum atomic E-state index is 0.497. The van der Waals surface area contributed by atoms with E-state index in [1.807, 2.05) is 11.6 Å². The first-order valence-corrected chi connectivity index (χ1v) is 7.58. The molecule has 102 valence electrons. The van der Waals surface area contributed by atoms with Crippen LogP contribution < -0.4 is 4.90 Å². The SMILES string of the molecule is c1csc([C@@H]2CCCN(c3ncnc4nc[nH]c34)C2)n1. The molecule has 0 unspecified atom stereocenters. The summed E-state index contributed by atoms with van der Waals surface area (Å²) in [5.74, 6) is 1.45. The summed E-state index contributed by atoms with van der Waals surface area (Å²) in [6, 6.07) is 0. The van der Waals surface area contributed by atoms with Crippen LogP contribution in [0.4, 0.5) is 5.82 Å². The minimum Gasteiger partial charge on any atom is -0.354 e. The van der Waals surface area contributed by atoms with E-state index in [1.54, 1.807) is 24.0 Å². The number of thiazole rings is 1. The van der Waals surface area contributed by atoms with E-state index in [2.05, 4.69) is 29.8 Å². The highest BCUT2D eigenvalue weighted by Crippen LogP contribution is 2.31. The van der Waals surface area contributed by atoms with Gasteiger partial charge in [0.05, 0.1) is 11.3 Å². The molecule has 4 heterocycles. The number of hydrogen-bond donors (Lipinski definition) is 1. The highest BCUT2D eigenvalue weighted by molar-refractivity contribution is 7.09. The lowest BCUT2D eigenvalue weighted by Gasteiger charge is -2.32. The summed E-state index contributed by atoms with van der Waals surface area (Å²) < 4.78 is 0. The molecule has 7 heteroatoms. The van der Waals surface area contributed by atoms with E-state index >= 15 is 0 Å². The predicted molar refractivity (Wildman–Crippen MR) is 78.0 cm³/mol. The van der Waals surface area contributed by atoms with Crippen LogP contribution in [0.15, 0.2) is 24.2 Å².